The van der Waals surface area contributed by atoms with Gasteiger partial charge in [0.25, 0.3) is 5.91 Å². The highest BCUT2D eigenvalue weighted by Crippen LogP contribution is 2.44. The first-order valence-electron chi connectivity index (χ1n) is 24.5. The maximum atomic E-state index is 14.6. The van der Waals surface area contributed by atoms with Crippen molar-refractivity contribution in [3.8, 4) is 51.6 Å². The number of rotatable bonds is 26. The summed E-state index contributed by atoms with van der Waals surface area (Å²) in [5.41, 5.74) is 2.28. The third-order valence-corrected chi connectivity index (χ3v) is 13.0. The van der Waals surface area contributed by atoms with E-state index in [0.717, 1.165) is 29.5 Å². The normalized spacial score (nSPS) is 15.8. The molecule has 0 aliphatic heterocycles. The Morgan fingerprint density at radius 2 is 1.39 bits per heavy atom. The van der Waals surface area contributed by atoms with Gasteiger partial charge in [0.1, 0.15) is 35.1 Å². The predicted molar refractivity (Wildman–Crippen MR) is 269 cm³/mol. The van der Waals surface area contributed by atoms with Crippen molar-refractivity contribution in [3.63, 3.8) is 0 Å². The lowest BCUT2D eigenvalue weighted by Crippen LogP contribution is -2.50. The number of hydrogen-bond acceptors (Lipinski definition) is 16. The van der Waals surface area contributed by atoms with Crippen LogP contribution in [0.4, 0.5) is 0 Å². The summed E-state index contributed by atoms with van der Waals surface area (Å²) >= 11 is 0. The maximum Gasteiger partial charge on any atom is 0.310 e. The Kier molecular flexibility index (Phi) is 19.5. The summed E-state index contributed by atoms with van der Waals surface area (Å²) in [6, 6.07) is 23.7. The van der Waals surface area contributed by atoms with E-state index in [0.29, 0.717) is 96.2 Å². The van der Waals surface area contributed by atoms with E-state index in [-0.39, 0.29) is 24.8 Å². The van der Waals surface area contributed by atoms with Crippen LogP contribution in [0.25, 0.3) is 11.4 Å². The van der Waals surface area contributed by atoms with E-state index in [1.807, 2.05) is 76.2 Å². The number of hydrogen-bond donors (Lipinski definition) is 1. The Hall–Kier alpha value is -7.01. The summed E-state index contributed by atoms with van der Waals surface area (Å²) in [4.78, 5) is 42.7. The molecule has 17 heteroatoms. The van der Waals surface area contributed by atoms with Crippen LogP contribution in [0.5, 0.6) is 40.2 Å². The molecule has 2 unspecified atom stereocenters. The molecular weight excluding hydrogens is 923 g/mol. The molecule has 386 valence electrons. The number of benzene rings is 4. The maximum absolute atomic E-state index is 14.6. The lowest BCUT2D eigenvalue weighted by molar-refractivity contribution is -0.160. The monoisotopic (exact) mass is 991 g/mol. The van der Waals surface area contributed by atoms with Crippen molar-refractivity contribution < 1.29 is 57.0 Å². The summed E-state index contributed by atoms with van der Waals surface area (Å²) < 4.78 is 52.9. The fourth-order valence-corrected chi connectivity index (χ4v) is 9.12. The van der Waals surface area contributed by atoms with Gasteiger partial charge < -0.3 is 47.9 Å². The van der Waals surface area contributed by atoms with Gasteiger partial charge in [-0.1, -0.05) is 38.0 Å². The van der Waals surface area contributed by atoms with E-state index >= 15 is 0 Å². The van der Waals surface area contributed by atoms with Gasteiger partial charge in [-0.15, -0.1) is 20.4 Å². The Morgan fingerprint density at radius 1 is 0.722 bits per heavy atom. The van der Waals surface area contributed by atoms with Crippen LogP contribution < -0.4 is 38.5 Å². The molecule has 17 nitrogen and oxygen atoms in total. The Labute approximate surface area is 422 Å². The van der Waals surface area contributed by atoms with E-state index < -0.39 is 41.5 Å². The van der Waals surface area contributed by atoms with E-state index in [4.69, 9.17) is 42.6 Å². The first-order chi connectivity index (χ1) is 34.7. The number of methoxy groups -OCH3 is 5. The van der Waals surface area contributed by atoms with Crippen LogP contribution in [0.15, 0.2) is 78.9 Å². The number of ether oxygens (including phenoxy) is 9. The van der Waals surface area contributed by atoms with Crippen molar-refractivity contribution in [1.29, 1.82) is 0 Å². The largest absolute Gasteiger partial charge is 0.493 e. The standard InChI is InChI=1S/C55H69N5O12/c1-11-41(38-30-47(66-8)52(68-10)48(31-38)67-9)51(62)42-18-13-14-19-43(42)54(63)72-44(26-20-35-21-27-45(64-6)46(28-35)65-7)37-16-15-17-40(29-37)69-33-50(61)56-32-49(55(4,5)70-12-2)71-39-24-22-36(23-25-39)53-59-57-34(3)58-60-53/h15-17,21-25,27-31,41-44,49H,11-14,18-20,26,32-33H2,1-10H3,(H,56,61)/t41-,42?,43+,44+,49?/m0/s1. The van der Waals surface area contributed by atoms with Crippen LogP contribution >= 0.6 is 0 Å². The van der Waals surface area contributed by atoms with Gasteiger partial charge in [0.2, 0.25) is 11.6 Å². The lowest BCUT2D eigenvalue weighted by Gasteiger charge is -2.34. The molecule has 5 aromatic rings. The van der Waals surface area contributed by atoms with Crippen molar-refractivity contribution in [3.05, 3.63) is 101 Å². The number of Topliss-reactive ketones (excluding diaryl/α,β-unsaturated/α-hetero) is 1. The summed E-state index contributed by atoms with van der Waals surface area (Å²) in [6.07, 6.45) is 2.77. The molecule has 0 saturated heterocycles. The third kappa shape index (κ3) is 13.9. The second kappa shape index (κ2) is 25.9. The van der Waals surface area contributed by atoms with Gasteiger partial charge >= 0.3 is 5.97 Å². The van der Waals surface area contributed by atoms with Crippen molar-refractivity contribution in [2.45, 2.75) is 103 Å². The molecule has 0 spiro atoms. The number of carbonyl (C=O) groups is 3. The number of aromatic nitrogens is 4. The van der Waals surface area contributed by atoms with Crippen LogP contribution in [0, 0.1) is 18.8 Å². The van der Waals surface area contributed by atoms with E-state index in [1.54, 1.807) is 65.7 Å². The van der Waals surface area contributed by atoms with Crippen molar-refractivity contribution in [1.82, 2.24) is 25.7 Å². The number of carbonyl (C=O) groups excluding carboxylic acids is 3. The third-order valence-electron chi connectivity index (χ3n) is 13.0. The van der Waals surface area contributed by atoms with Gasteiger partial charge in [-0.25, -0.2) is 0 Å². The Bertz CT molecular complexity index is 2550. The van der Waals surface area contributed by atoms with Crippen LogP contribution in [0.1, 0.15) is 101 Å². The number of aryl methyl sites for hydroxylation is 2. The first-order valence-corrected chi connectivity index (χ1v) is 24.5. The summed E-state index contributed by atoms with van der Waals surface area (Å²) in [6.45, 7) is 9.63. The van der Waals surface area contributed by atoms with Gasteiger partial charge in [0.05, 0.1) is 48.0 Å². The quantitative estimate of drug-likeness (QED) is 0.0515. The van der Waals surface area contributed by atoms with Crippen LogP contribution in [-0.2, 0) is 30.3 Å². The highest BCUT2D eigenvalue weighted by Gasteiger charge is 2.41. The van der Waals surface area contributed by atoms with Gasteiger partial charge in [-0.2, -0.15) is 0 Å². The molecule has 1 aromatic heterocycles. The minimum absolute atomic E-state index is 0.0256. The van der Waals surface area contributed by atoms with E-state index in [2.05, 4.69) is 25.7 Å². The average molecular weight is 992 g/mol. The first kappa shape index (κ1) is 54.3. The lowest BCUT2D eigenvalue weighted by atomic mass is 9.72. The highest BCUT2D eigenvalue weighted by molar-refractivity contribution is 5.92. The van der Waals surface area contributed by atoms with Gasteiger partial charge in [0.15, 0.2) is 35.4 Å². The zero-order valence-electron chi connectivity index (χ0n) is 43.2. The number of nitrogens with zero attached hydrogens (tertiary/aromatic N) is 4. The highest BCUT2D eigenvalue weighted by atomic mass is 16.6. The number of nitrogens with one attached hydrogen (secondary N) is 1. The smallest absolute Gasteiger partial charge is 0.310 e. The van der Waals surface area contributed by atoms with Crippen molar-refractivity contribution >= 4 is 17.7 Å². The van der Waals surface area contributed by atoms with Crippen molar-refractivity contribution in [2.24, 2.45) is 11.8 Å². The zero-order valence-corrected chi connectivity index (χ0v) is 43.2. The van der Waals surface area contributed by atoms with Crippen LogP contribution in [0.2, 0.25) is 0 Å². The topological polar surface area (TPSA) is 198 Å². The molecule has 5 atom stereocenters. The zero-order chi connectivity index (χ0) is 51.8. The van der Waals surface area contributed by atoms with E-state index in [1.165, 1.54) is 7.11 Å². The van der Waals surface area contributed by atoms with Gasteiger partial charge in [0, 0.05) is 24.0 Å². The second-order valence-electron chi connectivity index (χ2n) is 18.1. The molecule has 1 aliphatic rings. The fraction of sp³-hybridized carbons (Fsp3) is 0.473. The van der Waals surface area contributed by atoms with Gasteiger partial charge in [-0.05, 0) is 137 Å². The predicted octanol–water partition coefficient (Wildman–Crippen LogP) is 8.83. The molecule has 1 amide bonds. The molecule has 1 heterocycles. The Morgan fingerprint density at radius 3 is 2.01 bits per heavy atom. The van der Waals surface area contributed by atoms with Crippen molar-refractivity contribution in [2.75, 3.05) is 55.3 Å². The molecule has 1 fully saturated rings. The second-order valence-corrected chi connectivity index (χ2v) is 18.1. The molecule has 4 aromatic carbocycles. The summed E-state index contributed by atoms with van der Waals surface area (Å²) in [5.74, 6) is 1.76. The SMILES string of the molecule is CCOC(C)(C)C(CNC(=O)COc1cccc([C@@H](CCc2ccc(OC)c(OC)c2)OC(=O)[C@@H]2CCCCC2C(=O)[C@@H](CC)c2cc(OC)c(OC)c(OC)c2)c1)Oc1ccc(-c2nnc(C)nn2)cc1. The van der Waals surface area contributed by atoms with E-state index in [9.17, 15) is 14.4 Å². The molecule has 72 heavy (non-hydrogen) atoms. The molecule has 0 bridgehead atoms. The van der Waals surface area contributed by atoms with Gasteiger partial charge in [-0.3, -0.25) is 14.4 Å². The molecule has 6 rings (SSSR count). The minimum Gasteiger partial charge on any atom is -0.493 e. The summed E-state index contributed by atoms with van der Waals surface area (Å²) in [7, 11) is 7.78. The minimum atomic E-state index is -0.783. The molecular formula is C55H69N5O12. The molecule has 0 radical (unpaired) electrons. The summed E-state index contributed by atoms with van der Waals surface area (Å²) in [5, 5.41) is 19.1. The van der Waals surface area contributed by atoms with Crippen LogP contribution in [-0.4, -0.2) is 105 Å². The van der Waals surface area contributed by atoms with Crippen LogP contribution in [0.3, 0.4) is 0 Å². The number of esters is 1. The number of ketones is 1. The molecule has 1 saturated carbocycles. The average Bonchev–Trinajstić information content (AvgIpc) is 3.40. The molecule has 1 N–H and O–H groups in total. The fourth-order valence-electron chi connectivity index (χ4n) is 9.12. The molecule has 1 aliphatic carbocycles. The Balaban J connectivity index is 1.17. The number of amides is 1.